The van der Waals surface area contributed by atoms with E-state index in [0.29, 0.717) is 49.0 Å². The van der Waals surface area contributed by atoms with Crippen molar-refractivity contribution in [3.63, 3.8) is 0 Å². The van der Waals surface area contributed by atoms with E-state index in [0.717, 1.165) is 0 Å². The van der Waals surface area contributed by atoms with Crippen molar-refractivity contribution in [3.05, 3.63) is 94.0 Å². The molecule has 1 fully saturated rings. The molecule has 4 rings (SSSR count). The number of esters is 1. The number of anilines is 2. The molecule has 0 bridgehead atoms. The van der Waals surface area contributed by atoms with Gasteiger partial charge in [-0.2, -0.15) is 0 Å². The molecule has 1 aliphatic heterocycles. The minimum atomic E-state index is -1.29. The number of nitrogens with zero attached hydrogens (tertiary/aromatic N) is 2. The maximum atomic E-state index is 13.2. The quantitative estimate of drug-likeness (QED) is 0.285. The molecule has 1 amide bonds. The third-order valence-corrected chi connectivity index (χ3v) is 5.66. The molecule has 186 valence electrons. The van der Waals surface area contributed by atoms with Crippen LogP contribution in [0, 0.1) is 10.1 Å². The van der Waals surface area contributed by atoms with Crippen molar-refractivity contribution in [1.29, 1.82) is 0 Å². The SMILES string of the molecule is COc1cccc(NC(=O)C(OC(=O)c2ccc(N3CCOCC3)c([N+](=O)[O-])c2)c2ccccc2)c1. The first-order valence-corrected chi connectivity index (χ1v) is 11.3. The second-order valence-corrected chi connectivity index (χ2v) is 7.98. The highest BCUT2D eigenvalue weighted by molar-refractivity contribution is 5.98. The first-order valence-electron chi connectivity index (χ1n) is 11.3. The van der Waals surface area contributed by atoms with E-state index in [4.69, 9.17) is 14.2 Å². The molecule has 10 heteroatoms. The van der Waals surface area contributed by atoms with E-state index in [1.165, 1.54) is 25.3 Å². The lowest BCUT2D eigenvalue weighted by Crippen LogP contribution is -2.36. The maximum Gasteiger partial charge on any atom is 0.339 e. The number of nitrogens with one attached hydrogen (secondary N) is 1. The molecule has 0 aliphatic carbocycles. The Kier molecular flexibility index (Phi) is 7.76. The van der Waals surface area contributed by atoms with Crippen LogP contribution in [0.15, 0.2) is 72.8 Å². The molecule has 1 heterocycles. The summed E-state index contributed by atoms with van der Waals surface area (Å²) < 4.78 is 16.1. The zero-order valence-corrected chi connectivity index (χ0v) is 19.6. The van der Waals surface area contributed by atoms with Gasteiger partial charge in [-0.25, -0.2) is 4.79 Å². The number of carbonyl (C=O) groups excluding carboxylic acids is 2. The van der Waals surface area contributed by atoms with Crippen molar-refractivity contribution >= 4 is 28.9 Å². The van der Waals surface area contributed by atoms with Gasteiger partial charge in [-0.05, 0) is 24.3 Å². The zero-order valence-electron chi connectivity index (χ0n) is 19.6. The summed E-state index contributed by atoms with van der Waals surface area (Å²) in [7, 11) is 1.51. The van der Waals surface area contributed by atoms with Gasteiger partial charge in [0.2, 0.25) is 6.10 Å². The second-order valence-electron chi connectivity index (χ2n) is 7.98. The van der Waals surface area contributed by atoms with Crippen LogP contribution < -0.4 is 15.0 Å². The highest BCUT2D eigenvalue weighted by atomic mass is 16.6. The molecule has 10 nitrogen and oxygen atoms in total. The molecule has 0 spiro atoms. The minimum absolute atomic E-state index is 0.0335. The number of hydrogen-bond acceptors (Lipinski definition) is 8. The van der Waals surface area contributed by atoms with Gasteiger partial charge < -0.3 is 24.4 Å². The number of morpholine rings is 1. The zero-order chi connectivity index (χ0) is 25.5. The van der Waals surface area contributed by atoms with Crippen molar-refractivity contribution in [2.45, 2.75) is 6.10 Å². The molecule has 3 aromatic carbocycles. The Labute approximate surface area is 207 Å². The Bertz CT molecular complexity index is 1240. The molecule has 1 unspecified atom stereocenters. The smallest absolute Gasteiger partial charge is 0.339 e. The highest BCUT2D eigenvalue weighted by Crippen LogP contribution is 2.31. The third kappa shape index (κ3) is 5.78. The summed E-state index contributed by atoms with van der Waals surface area (Å²) in [6.45, 7) is 1.93. The Morgan fingerprint density at radius 3 is 2.47 bits per heavy atom. The lowest BCUT2D eigenvalue weighted by Gasteiger charge is -2.28. The van der Waals surface area contributed by atoms with E-state index in [2.05, 4.69) is 5.32 Å². The number of rotatable bonds is 8. The highest BCUT2D eigenvalue weighted by Gasteiger charge is 2.28. The Balaban J connectivity index is 1.59. The molecule has 0 aromatic heterocycles. The van der Waals surface area contributed by atoms with Crippen molar-refractivity contribution in [2.24, 2.45) is 0 Å². The van der Waals surface area contributed by atoms with E-state index >= 15 is 0 Å². The number of methoxy groups -OCH3 is 1. The average molecular weight is 492 g/mol. The van der Waals surface area contributed by atoms with Crippen LogP contribution in [-0.4, -0.2) is 50.2 Å². The van der Waals surface area contributed by atoms with Gasteiger partial charge in [-0.1, -0.05) is 36.4 Å². The van der Waals surface area contributed by atoms with E-state index in [9.17, 15) is 19.7 Å². The van der Waals surface area contributed by atoms with Gasteiger partial charge in [-0.15, -0.1) is 0 Å². The number of ether oxygens (including phenoxy) is 3. The fourth-order valence-electron chi connectivity index (χ4n) is 3.85. The molecular weight excluding hydrogens is 466 g/mol. The predicted molar refractivity (Wildman–Crippen MR) is 132 cm³/mol. The predicted octanol–water partition coefficient (Wildman–Crippen LogP) is 3.98. The van der Waals surface area contributed by atoms with Crippen molar-refractivity contribution in [3.8, 4) is 5.75 Å². The van der Waals surface area contributed by atoms with Crippen molar-refractivity contribution < 1.29 is 28.7 Å². The Morgan fingerprint density at radius 1 is 1.03 bits per heavy atom. The summed E-state index contributed by atoms with van der Waals surface area (Å²) in [6, 6.07) is 19.5. The van der Waals surface area contributed by atoms with E-state index in [-0.39, 0.29) is 11.3 Å². The summed E-state index contributed by atoms with van der Waals surface area (Å²) in [4.78, 5) is 39.3. The minimum Gasteiger partial charge on any atom is -0.497 e. The Morgan fingerprint density at radius 2 is 1.78 bits per heavy atom. The van der Waals surface area contributed by atoms with Gasteiger partial charge in [0.05, 0.1) is 30.8 Å². The number of benzene rings is 3. The summed E-state index contributed by atoms with van der Waals surface area (Å²) in [5.74, 6) is -0.891. The van der Waals surface area contributed by atoms with Gasteiger partial charge in [0.1, 0.15) is 11.4 Å². The molecule has 1 N–H and O–H groups in total. The van der Waals surface area contributed by atoms with Crippen LogP contribution in [0.5, 0.6) is 5.75 Å². The molecule has 36 heavy (non-hydrogen) atoms. The topological polar surface area (TPSA) is 120 Å². The first kappa shape index (κ1) is 24.7. The summed E-state index contributed by atoms with van der Waals surface area (Å²) in [6.07, 6.45) is -1.29. The van der Waals surface area contributed by atoms with Crippen molar-refractivity contribution in [2.75, 3.05) is 43.6 Å². The molecule has 0 radical (unpaired) electrons. The number of hydrogen-bond donors (Lipinski definition) is 1. The third-order valence-electron chi connectivity index (χ3n) is 5.66. The molecule has 3 aromatic rings. The van der Waals surface area contributed by atoms with Crippen molar-refractivity contribution in [1.82, 2.24) is 0 Å². The van der Waals surface area contributed by atoms with Crippen LogP contribution in [0.1, 0.15) is 22.0 Å². The Hall–Kier alpha value is -4.44. The number of carbonyl (C=O) groups is 2. The number of amides is 1. The van der Waals surface area contributed by atoms with Crippen LogP contribution in [-0.2, 0) is 14.3 Å². The van der Waals surface area contributed by atoms with Gasteiger partial charge in [-0.3, -0.25) is 14.9 Å². The summed E-state index contributed by atoms with van der Waals surface area (Å²) >= 11 is 0. The standard InChI is InChI=1S/C26H25N3O7/c1-34-21-9-5-8-20(17-21)27-25(30)24(18-6-3-2-4-7-18)36-26(31)19-10-11-22(23(16-19)29(32)33)28-12-14-35-15-13-28/h2-11,16-17,24H,12-15H2,1H3,(H,27,30). The number of nitro groups is 1. The largest absolute Gasteiger partial charge is 0.497 e. The maximum absolute atomic E-state index is 13.2. The average Bonchev–Trinajstić information content (AvgIpc) is 2.92. The van der Waals surface area contributed by atoms with Gasteiger partial charge in [0.15, 0.2) is 0 Å². The van der Waals surface area contributed by atoms with Crippen LogP contribution in [0.3, 0.4) is 0 Å². The van der Waals surface area contributed by atoms with Crippen LogP contribution in [0.2, 0.25) is 0 Å². The van der Waals surface area contributed by atoms with Gasteiger partial charge in [0.25, 0.3) is 11.6 Å². The fraction of sp³-hybridized carbons (Fsp3) is 0.231. The van der Waals surface area contributed by atoms with Crippen LogP contribution >= 0.6 is 0 Å². The molecular formula is C26H25N3O7. The lowest BCUT2D eigenvalue weighted by molar-refractivity contribution is -0.384. The monoisotopic (exact) mass is 491 g/mol. The van der Waals surface area contributed by atoms with E-state index in [1.54, 1.807) is 54.6 Å². The number of nitro benzene ring substituents is 1. The molecule has 1 saturated heterocycles. The normalized spacial score (nSPS) is 14.0. The van der Waals surface area contributed by atoms with Gasteiger partial charge in [0, 0.05) is 36.5 Å². The summed E-state index contributed by atoms with van der Waals surface area (Å²) in [5, 5.41) is 14.5. The summed E-state index contributed by atoms with van der Waals surface area (Å²) in [5.41, 5.74) is 1.06. The molecule has 1 atom stereocenters. The van der Waals surface area contributed by atoms with E-state index in [1.807, 2.05) is 4.90 Å². The molecule has 1 aliphatic rings. The first-order chi connectivity index (χ1) is 17.5. The van der Waals surface area contributed by atoms with E-state index < -0.39 is 22.9 Å². The van der Waals surface area contributed by atoms with Crippen LogP contribution in [0.4, 0.5) is 17.1 Å². The van der Waals surface area contributed by atoms with Crippen LogP contribution in [0.25, 0.3) is 0 Å². The lowest BCUT2D eigenvalue weighted by atomic mass is 10.1. The van der Waals surface area contributed by atoms with Gasteiger partial charge >= 0.3 is 5.97 Å². The fourth-order valence-corrected chi connectivity index (χ4v) is 3.85. The second kappa shape index (κ2) is 11.3. The molecule has 0 saturated carbocycles.